The maximum Gasteiger partial charge on any atom is 0.243 e. The first-order valence-corrected chi connectivity index (χ1v) is 9.30. The highest BCUT2D eigenvalue weighted by atomic mass is 32.2. The molecule has 6 nitrogen and oxygen atoms in total. The quantitative estimate of drug-likeness (QED) is 0.857. The van der Waals surface area contributed by atoms with Crippen molar-refractivity contribution in [1.82, 2.24) is 19.1 Å². The van der Waals surface area contributed by atoms with Gasteiger partial charge >= 0.3 is 0 Å². The second-order valence-corrected chi connectivity index (χ2v) is 8.17. The molecule has 23 heavy (non-hydrogen) atoms. The molecule has 0 aliphatic carbocycles. The van der Waals surface area contributed by atoms with Crippen molar-refractivity contribution < 1.29 is 8.42 Å². The predicted molar refractivity (Wildman–Crippen MR) is 87.4 cm³/mol. The highest BCUT2D eigenvalue weighted by Crippen LogP contribution is 2.25. The number of hydrogen-bond acceptors (Lipinski definition) is 4. The second-order valence-electron chi connectivity index (χ2n) is 6.23. The third kappa shape index (κ3) is 3.45. The van der Waals surface area contributed by atoms with Gasteiger partial charge in [0.2, 0.25) is 10.0 Å². The van der Waals surface area contributed by atoms with Crippen molar-refractivity contribution in [2.75, 3.05) is 13.1 Å². The first-order valence-electron chi connectivity index (χ1n) is 7.86. The fourth-order valence-electron chi connectivity index (χ4n) is 3.01. The van der Waals surface area contributed by atoms with E-state index in [0.717, 1.165) is 24.0 Å². The molecule has 0 saturated carbocycles. The summed E-state index contributed by atoms with van der Waals surface area (Å²) in [4.78, 5) is 4.33. The van der Waals surface area contributed by atoms with Gasteiger partial charge in [-0.3, -0.25) is 4.68 Å². The lowest BCUT2D eigenvalue weighted by atomic mass is 10.00. The lowest BCUT2D eigenvalue weighted by Crippen LogP contribution is -2.41. The van der Waals surface area contributed by atoms with Crippen molar-refractivity contribution in [1.29, 1.82) is 0 Å². The van der Waals surface area contributed by atoms with Crippen LogP contribution < -0.4 is 0 Å². The molecular formula is C16H22N4O2S. The number of hydrogen-bond donors (Lipinski definition) is 0. The Morgan fingerprint density at radius 3 is 2.78 bits per heavy atom. The fraction of sp³-hybridized carbons (Fsp3) is 0.500. The van der Waals surface area contributed by atoms with Gasteiger partial charge in [-0.05, 0) is 55.9 Å². The summed E-state index contributed by atoms with van der Waals surface area (Å²) in [6.45, 7) is 5.76. The summed E-state index contributed by atoms with van der Waals surface area (Å²) in [7, 11) is -3.43. The average molecular weight is 334 g/mol. The van der Waals surface area contributed by atoms with Crippen LogP contribution in [0, 0.1) is 19.8 Å². The van der Waals surface area contributed by atoms with Gasteiger partial charge in [0.05, 0.1) is 4.90 Å². The molecule has 124 valence electrons. The Hall–Kier alpha value is -1.73. The molecule has 1 aliphatic rings. The first-order chi connectivity index (χ1) is 11.0. The number of sulfonamides is 1. The molecule has 0 spiro atoms. The number of aryl methyl sites for hydroxylation is 2. The molecule has 1 aromatic heterocycles. The molecule has 1 unspecified atom stereocenters. The number of nitrogens with zero attached hydrogens (tertiary/aromatic N) is 4. The summed E-state index contributed by atoms with van der Waals surface area (Å²) < 4.78 is 29.2. The van der Waals surface area contributed by atoms with E-state index in [-0.39, 0.29) is 5.92 Å². The third-order valence-corrected chi connectivity index (χ3v) is 6.37. The van der Waals surface area contributed by atoms with Crippen LogP contribution in [0.25, 0.3) is 0 Å². The van der Waals surface area contributed by atoms with E-state index in [1.807, 2.05) is 19.9 Å². The minimum atomic E-state index is -3.43. The van der Waals surface area contributed by atoms with E-state index < -0.39 is 10.0 Å². The highest BCUT2D eigenvalue weighted by Gasteiger charge is 2.30. The van der Waals surface area contributed by atoms with E-state index in [0.29, 0.717) is 24.5 Å². The lowest BCUT2D eigenvalue weighted by molar-refractivity contribution is 0.239. The Morgan fingerprint density at radius 1 is 1.26 bits per heavy atom. The predicted octanol–water partition coefficient (Wildman–Crippen LogP) is 2.00. The van der Waals surface area contributed by atoms with Gasteiger partial charge < -0.3 is 0 Å². The van der Waals surface area contributed by atoms with Crippen molar-refractivity contribution in [3.05, 3.63) is 42.0 Å². The SMILES string of the molecule is Cc1ccc(S(=O)(=O)N2CCCC(Cn3cncn3)C2)cc1C. The van der Waals surface area contributed by atoms with E-state index in [1.165, 1.54) is 6.33 Å². The third-order valence-electron chi connectivity index (χ3n) is 4.51. The van der Waals surface area contributed by atoms with E-state index in [4.69, 9.17) is 0 Å². The van der Waals surface area contributed by atoms with Crippen LogP contribution in [0.5, 0.6) is 0 Å². The Labute approximate surface area is 137 Å². The number of aromatic nitrogens is 3. The lowest BCUT2D eigenvalue weighted by Gasteiger charge is -2.31. The monoisotopic (exact) mass is 334 g/mol. The molecule has 0 bridgehead atoms. The van der Waals surface area contributed by atoms with Gasteiger partial charge in [-0.2, -0.15) is 9.40 Å². The standard InChI is InChI=1S/C16H22N4O2S/c1-13-5-6-16(8-14(13)2)23(21,22)20-7-3-4-15(10-20)9-19-12-17-11-18-19/h5-6,8,11-12,15H,3-4,7,9-10H2,1-2H3. The maximum atomic E-state index is 12.9. The molecule has 1 fully saturated rings. The van der Waals surface area contributed by atoms with Gasteiger partial charge in [0, 0.05) is 19.6 Å². The molecule has 0 radical (unpaired) electrons. The van der Waals surface area contributed by atoms with Crippen LogP contribution in [-0.2, 0) is 16.6 Å². The Kier molecular flexibility index (Phi) is 4.50. The Bertz CT molecular complexity index is 771. The van der Waals surface area contributed by atoms with Crippen LogP contribution in [-0.4, -0.2) is 40.6 Å². The van der Waals surface area contributed by atoms with Crippen LogP contribution in [0.2, 0.25) is 0 Å². The van der Waals surface area contributed by atoms with Crippen LogP contribution in [0.3, 0.4) is 0 Å². The van der Waals surface area contributed by atoms with Crippen molar-refractivity contribution in [2.24, 2.45) is 5.92 Å². The zero-order chi connectivity index (χ0) is 16.4. The Balaban J connectivity index is 1.77. The molecular weight excluding hydrogens is 312 g/mol. The molecule has 7 heteroatoms. The summed E-state index contributed by atoms with van der Waals surface area (Å²) in [5, 5.41) is 4.11. The average Bonchev–Trinajstić information content (AvgIpc) is 3.03. The van der Waals surface area contributed by atoms with Gasteiger partial charge in [0.15, 0.2) is 0 Å². The zero-order valence-corrected chi connectivity index (χ0v) is 14.3. The van der Waals surface area contributed by atoms with E-state index in [9.17, 15) is 8.42 Å². The van der Waals surface area contributed by atoms with E-state index in [2.05, 4.69) is 10.1 Å². The first kappa shape index (κ1) is 16.1. The van der Waals surface area contributed by atoms with Gasteiger partial charge in [0.1, 0.15) is 12.7 Å². The van der Waals surface area contributed by atoms with Gasteiger partial charge in [-0.15, -0.1) is 0 Å². The van der Waals surface area contributed by atoms with Crippen molar-refractivity contribution in [3.8, 4) is 0 Å². The molecule has 2 heterocycles. The van der Waals surface area contributed by atoms with Crippen LogP contribution in [0.1, 0.15) is 24.0 Å². The van der Waals surface area contributed by atoms with Crippen LogP contribution >= 0.6 is 0 Å². The van der Waals surface area contributed by atoms with E-state index in [1.54, 1.807) is 27.4 Å². The number of benzene rings is 1. The molecule has 1 atom stereocenters. The van der Waals surface area contributed by atoms with Gasteiger partial charge in [0.25, 0.3) is 0 Å². The maximum absolute atomic E-state index is 12.9. The number of piperidine rings is 1. The fourth-order valence-corrected chi connectivity index (χ4v) is 4.65. The smallest absolute Gasteiger partial charge is 0.243 e. The molecule has 1 aromatic carbocycles. The number of rotatable bonds is 4. The van der Waals surface area contributed by atoms with Gasteiger partial charge in [-0.25, -0.2) is 13.4 Å². The zero-order valence-electron chi connectivity index (χ0n) is 13.5. The summed E-state index contributed by atoms with van der Waals surface area (Å²) in [5.41, 5.74) is 2.11. The van der Waals surface area contributed by atoms with Crippen LogP contribution in [0.15, 0.2) is 35.7 Å². The summed E-state index contributed by atoms with van der Waals surface area (Å²) >= 11 is 0. The van der Waals surface area contributed by atoms with Crippen molar-refractivity contribution in [2.45, 2.75) is 38.1 Å². The second kappa shape index (κ2) is 6.41. The molecule has 1 aliphatic heterocycles. The van der Waals surface area contributed by atoms with E-state index >= 15 is 0 Å². The molecule has 0 amide bonds. The molecule has 1 saturated heterocycles. The van der Waals surface area contributed by atoms with Crippen molar-refractivity contribution >= 4 is 10.0 Å². The Morgan fingerprint density at radius 2 is 2.09 bits per heavy atom. The van der Waals surface area contributed by atoms with Gasteiger partial charge in [-0.1, -0.05) is 6.07 Å². The molecule has 2 aromatic rings. The summed E-state index contributed by atoms with van der Waals surface area (Å²) in [5.74, 6) is 0.270. The summed E-state index contributed by atoms with van der Waals surface area (Å²) in [6.07, 6.45) is 5.07. The normalized spacial score (nSPS) is 19.8. The topological polar surface area (TPSA) is 68.1 Å². The molecule has 3 rings (SSSR count). The minimum Gasteiger partial charge on any atom is -0.253 e. The highest BCUT2D eigenvalue weighted by molar-refractivity contribution is 7.89. The van der Waals surface area contributed by atoms with Crippen molar-refractivity contribution in [3.63, 3.8) is 0 Å². The largest absolute Gasteiger partial charge is 0.253 e. The summed E-state index contributed by atoms with van der Waals surface area (Å²) in [6, 6.07) is 5.35. The minimum absolute atomic E-state index is 0.270. The van der Waals surface area contributed by atoms with Crippen LogP contribution in [0.4, 0.5) is 0 Å². The molecule has 0 N–H and O–H groups in total.